The molecule has 31 heavy (non-hydrogen) atoms. The second-order valence-electron chi connectivity index (χ2n) is 8.49. The number of aromatic nitrogens is 3. The van der Waals surface area contributed by atoms with Crippen LogP contribution in [0, 0.1) is 11.9 Å². The van der Waals surface area contributed by atoms with Crippen molar-refractivity contribution in [2.24, 2.45) is 5.92 Å². The Morgan fingerprint density at radius 3 is 2.74 bits per heavy atom. The number of likely N-dealkylation sites (tertiary alicyclic amines) is 1. The molecule has 0 unspecified atom stereocenters. The van der Waals surface area contributed by atoms with Crippen LogP contribution in [0.15, 0.2) is 58.4 Å². The van der Waals surface area contributed by atoms with Crippen LogP contribution in [-0.4, -0.2) is 39.1 Å². The van der Waals surface area contributed by atoms with Gasteiger partial charge in [0, 0.05) is 48.0 Å². The summed E-state index contributed by atoms with van der Waals surface area (Å²) in [6.07, 6.45) is 4.72. The number of hydrogen-bond acceptors (Lipinski definition) is 4. The molecule has 0 bridgehead atoms. The topological polar surface area (TPSA) is 71.0 Å². The van der Waals surface area contributed by atoms with Crippen molar-refractivity contribution in [3.8, 4) is 11.1 Å². The van der Waals surface area contributed by atoms with Crippen molar-refractivity contribution < 1.29 is 4.39 Å². The average Bonchev–Trinajstić information content (AvgIpc) is 3.32. The number of rotatable bonds is 6. The number of fused-ring (bicyclic) bond motifs is 1. The highest BCUT2D eigenvalue weighted by atomic mass is 35.5. The minimum absolute atomic E-state index is 0.0852. The first kappa shape index (κ1) is 20.2. The summed E-state index contributed by atoms with van der Waals surface area (Å²) >= 11 is 6.03. The zero-order valence-electron chi connectivity index (χ0n) is 16.9. The predicted molar refractivity (Wildman–Crippen MR) is 117 cm³/mol. The molecule has 3 heterocycles. The van der Waals surface area contributed by atoms with Gasteiger partial charge in [-0.3, -0.25) is 14.3 Å². The van der Waals surface area contributed by atoms with E-state index in [4.69, 9.17) is 11.6 Å². The van der Waals surface area contributed by atoms with Gasteiger partial charge in [-0.2, -0.15) is 4.39 Å². The van der Waals surface area contributed by atoms with Gasteiger partial charge in [-0.15, -0.1) is 0 Å². The normalized spacial score (nSPS) is 22.5. The van der Waals surface area contributed by atoms with Crippen LogP contribution in [0.25, 0.3) is 11.1 Å². The quantitative estimate of drug-likeness (QED) is 0.598. The molecule has 3 aromatic rings. The predicted octanol–water partition coefficient (Wildman–Crippen LogP) is 3.05. The van der Waals surface area contributed by atoms with E-state index in [-0.39, 0.29) is 16.5 Å². The molecule has 2 atom stereocenters. The van der Waals surface area contributed by atoms with Crippen LogP contribution in [0.4, 0.5) is 4.39 Å². The monoisotopic (exact) mass is 440 g/mol. The summed E-state index contributed by atoms with van der Waals surface area (Å²) in [4.78, 5) is 32.7. The van der Waals surface area contributed by atoms with Crippen molar-refractivity contribution in [1.82, 2.24) is 19.4 Å². The lowest BCUT2D eigenvalue weighted by molar-refractivity contribution is 0.287. The summed E-state index contributed by atoms with van der Waals surface area (Å²) in [7, 11) is 0. The van der Waals surface area contributed by atoms with E-state index in [9.17, 15) is 14.0 Å². The Kier molecular flexibility index (Phi) is 5.02. The minimum Gasteiger partial charge on any atom is -0.302 e. The number of pyridine rings is 1. The average molecular weight is 441 g/mol. The first-order chi connectivity index (χ1) is 15.0. The summed E-state index contributed by atoms with van der Waals surface area (Å²) in [6, 6.07) is 11.2. The number of aryl methyl sites for hydroxylation is 1. The number of piperidine rings is 1. The molecule has 2 fully saturated rings. The third kappa shape index (κ3) is 3.72. The van der Waals surface area contributed by atoms with Gasteiger partial charge in [0.05, 0.1) is 5.56 Å². The summed E-state index contributed by atoms with van der Waals surface area (Å²) < 4.78 is 15.5. The number of nitrogens with one attached hydrogen (secondary N) is 1. The maximum atomic E-state index is 14.0. The summed E-state index contributed by atoms with van der Waals surface area (Å²) in [5.74, 6) is -0.0633. The Morgan fingerprint density at radius 1 is 1.16 bits per heavy atom. The van der Waals surface area contributed by atoms with E-state index in [2.05, 4.69) is 27.0 Å². The maximum Gasteiger partial charge on any atom is 0.328 e. The van der Waals surface area contributed by atoms with Crippen LogP contribution in [0.5, 0.6) is 0 Å². The number of hydrogen-bond donors (Lipinski definition) is 1. The largest absolute Gasteiger partial charge is 0.328 e. The van der Waals surface area contributed by atoms with E-state index in [1.165, 1.54) is 35.0 Å². The smallest absolute Gasteiger partial charge is 0.302 e. The molecule has 0 radical (unpaired) electrons. The second kappa shape index (κ2) is 7.73. The van der Waals surface area contributed by atoms with E-state index in [1.54, 1.807) is 6.07 Å². The fourth-order valence-corrected chi connectivity index (χ4v) is 5.03. The van der Waals surface area contributed by atoms with Crippen molar-refractivity contribution in [2.75, 3.05) is 19.6 Å². The fourth-order valence-electron chi connectivity index (χ4n) is 4.90. The SMILES string of the molecule is O=c1[nH]c(=O)n(CCCN2C[C@@H]3C[C@]3(c3ccc(Cl)cc3)C2)cc1-c1cccnc1F. The van der Waals surface area contributed by atoms with Gasteiger partial charge in [0.25, 0.3) is 5.56 Å². The maximum absolute atomic E-state index is 14.0. The van der Waals surface area contributed by atoms with Gasteiger partial charge in [-0.05, 0) is 55.1 Å². The summed E-state index contributed by atoms with van der Waals surface area (Å²) in [5.41, 5.74) is 0.683. The highest BCUT2D eigenvalue weighted by Crippen LogP contribution is 2.59. The molecule has 1 saturated heterocycles. The van der Waals surface area contributed by atoms with Crippen LogP contribution in [0.2, 0.25) is 5.02 Å². The Labute approximate surface area is 183 Å². The number of halogens is 2. The number of nitrogens with zero attached hydrogens (tertiary/aromatic N) is 3. The molecule has 0 amide bonds. The molecule has 0 spiro atoms. The number of aromatic amines is 1. The molecule has 8 heteroatoms. The number of benzene rings is 1. The van der Waals surface area contributed by atoms with Crippen LogP contribution < -0.4 is 11.2 Å². The standard InChI is InChI=1S/C23H22ClFN4O2/c24-17-6-4-15(5-7-17)23-11-16(23)12-28(14-23)9-2-10-29-13-19(21(30)27-22(29)31)18-3-1-8-26-20(18)25/h1,3-8,13,16H,2,9-12,14H2,(H,27,30,31)/t16-,23+/m0/s1. The van der Waals surface area contributed by atoms with Crippen molar-refractivity contribution in [3.63, 3.8) is 0 Å². The highest BCUT2D eigenvalue weighted by molar-refractivity contribution is 6.30. The molecule has 5 rings (SSSR count). The van der Waals surface area contributed by atoms with Crippen molar-refractivity contribution >= 4 is 11.6 Å². The lowest BCUT2D eigenvalue weighted by Crippen LogP contribution is -2.32. The fraction of sp³-hybridized carbons (Fsp3) is 0.348. The molecule has 2 aliphatic rings. The van der Waals surface area contributed by atoms with Gasteiger partial charge in [0.1, 0.15) is 0 Å². The molecule has 2 aromatic heterocycles. The lowest BCUT2D eigenvalue weighted by Gasteiger charge is -2.21. The Bertz CT molecular complexity index is 1240. The lowest BCUT2D eigenvalue weighted by atomic mass is 9.95. The minimum atomic E-state index is -0.734. The van der Waals surface area contributed by atoms with Gasteiger partial charge in [0.15, 0.2) is 0 Å². The van der Waals surface area contributed by atoms with Crippen LogP contribution >= 0.6 is 11.6 Å². The Hall–Kier alpha value is -2.77. The Balaban J connectivity index is 1.25. The molecule has 1 N–H and O–H groups in total. The van der Waals surface area contributed by atoms with Crippen molar-refractivity contribution in [1.29, 1.82) is 0 Å². The van der Waals surface area contributed by atoms with Crippen molar-refractivity contribution in [2.45, 2.75) is 24.8 Å². The van der Waals surface area contributed by atoms with Gasteiger partial charge in [0.2, 0.25) is 5.95 Å². The van der Waals surface area contributed by atoms with Crippen LogP contribution in [0.3, 0.4) is 0 Å². The zero-order valence-corrected chi connectivity index (χ0v) is 17.6. The Morgan fingerprint density at radius 2 is 1.97 bits per heavy atom. The van der Waals surface area contributed by atoms with Gasteiger partial charge < -0.3 is 4.90 Å². The van der Waals surface area contributed by atoms with Crippen LogP contribution in [-0.2, 0) is 12.0 Å². The molecule has 1 aromatic carbocycles. The van der Waals surface area contributed by atoms with Gasteiger partial charge in [-0.25, -0.2) is 9.78 Å². The van der Waals surface area contributed by atoms with Crippen molar-refractivity contribution in [3.05, 3.63) is 86.2 Å². The molecule has 1 aliphatic heterocycles. The van der Waals surface area contributed by atoms with Gasteiger partial charge in [-0.1, -0.05) is 23.7 Å². The van der Waals surface area contributed by atoms with E-state index in [0.29, 0.717) is 12.5 Å². The molecular weight excluding hydrogens is 419 g/mol. The van der Waals surface area contributed by atoms with E-state index >= 15 is 0 Å². The van der Waals surface area contributed by atoms with Gasteiger partial charge >= 0.3 is 5.69 Å². The molecule has 160 valence electrons. The first-order valence-electron chi connectivity index (χ1n) is 10.4. The molecule has 1 saturated carbocycles. The zero-order chi connectivity index (χ0) is 21.6. The van der Waals surface area contributed by atoms with E-state index in [1.807, 2.05) is 12.1 Å². The molecular formula is C23H22ClFN4O2. The van der Waals surface area contributed by atoms with E-state index < -0.39 is 17.2 Å². The molecule has 6 nitrogen and oxygen atoms in total. The first-order valence-corrected chi connectivity index (χ1v) is 10.8. The second-order valence-corrected chi connectivity index (χ2v) is 8.93. The summed E-state index contributed by atoms with van der Waals surface area (Å²) in [5, 5.41) is 0.754. The van der Waals surface area contributed by atoms with E-state index in [0.717, 1.165) is 31.1 Å². The summed E-state index contributed by atoms with van der Waals surface area (Å²) in [6.45, 7) is 3.36. The van der Waals surface area contributed by atoms with Crippen LogP contribution in [0.1, 0.15) is 18.4 Å². The highest BCUT2D eigenvalue weighted by Gasteiger charge is 2.60. The third-order valence-electron chi connectivity index (χ3n) is 6.57. The molecule has 1 aliphatic carbocycles. The number of H-pyrrole nitrogens is 1. The third-order valence-corrected chi connectivity index (χ3v) is 6.82.